The summed E-state index contributed by atoms with van der Waals surface area (Å²) in [5, 5.41) is 10.00. The molecule has 2 aliphatic rings. The van der Waals surface area contributed by atoms with E-state index in [2.05, 4.69) is 18.7 Å². The number of aliphatic hydroxyl groups excluding tert-OH is 1. The molecule has 0 radical (unpaired) electrons. The van der Waals surface area contributed by atoms with Crippen molar-refractivity contribution >= 4 is 0 Å². The predicted octanol–water partition coefficient (Wildman–Crippen LogP) is 0.426. The van der Waals surface area contributed by atoms with Crippen LogP contribution in [0.1, 0.15) is 26.7 Å². The van der Waals surface area contributed by atoms with E-state index in [0.29, 0.717) is 12.0 Å². The minimum atomic E-state index is -0.104. The van der Waals surface area contributed by atoms with E-state index in [1.807, 2.05) is 0 Å². The molecule has 14 heavy (non-hydrogen) atoms. The molecular formula is C11H22N2O. The minimum Gasteiger partial charge on any atom is -0.392 e. The molecular weight excluding hydrogens is 176 g/mol. The Morgan fingerprint density at radius 1 is 1.50 bits per heavy atom. The van der Waals surface area contributed by atoms with Gasteiger partial charge in [-0.1, -0.05) is 13.8 Å². The molecule has 1 aliphatic heterocycles. The van der Waals surface area contributed by atoms with Crippen molar-refractivity contribution in [3.8, 4) is 0 Å². The van der Waals surface area contributed by atoms with Crippen LogP contribution in [0.15, 0.2) is 0 Å². The molecule has 0 amide bonds. The van der Waals surface area contributed by atoms with Gasteiger partial charge in [0.25, 0.3) is 0 Å². The number of fused-ring (bicyclic) bond motifs is 1. The maximum absolute atomic E-state index is 10.00. The highest BCUT2D eigenvalue weighted by Crippen LogP contribution is 2.52. The first kappa shape index (κ1) is 10.4. The van der Waals surface area contributed by atoms with E-state index in [1.54, 1.807) is 0 Å². The molecule has 1 saturated carbocycles. The molecule has 3 nitrogen and oxygen atoms in total. The number of hydrogen-bond donors (Lipinski definition) is 2. The van der Waals surface area contributed by atoms with Gasteiger partial charge in [0, 0.05) is 30.5 Å². The first-order valence-electron chi connectivity index (χ1n) is 5.71. The van der Waals surface area contributed by atoms with Gasteiger partial charge in [-0.05, 0) is 19.4 Å². The van der Waals surface area contributed by atoms with E-state index in [4.69, 9.17) is 5.73 Å². The SMILES string of the molecule is CC1(C)C(O)C2CCCN(CCN)C21. The highest BCUT2D eigenvalue weighted by molar-refractivity contribution is 5.10. The molecule has 82 valence electrons. The lowest BCUT2D eigenvalue weighted by Gasteiger charge is -2.62. The number of piperidine rings is 1. The van der Waals surface area contributed by atoms with Crippen molar-refractivity contribution in [2.75, 3.05) is 19.6 Å². The first-order chi connectivity index (χ1) is 6.59. The zero-order chi connectivity index (χ0) is 10.3. The third-order valence-corrected chi connectivity index (χ3v) is 4.13. The van der Waals surface area contributed by atoms with Crippen LogP contribution in [0.3, 0.4) is 0 Å². The zero-order valence-electron chi connectivity index (χ0n) is 9.24. The molecule has 3 unspecified atom stereocenters. The number of nitrogens with two attached hydrogens (primary N) is 1. The fourth-order valence-corrected chi connectivity index (χ4v) is 3.48. The summed E-state index contributed by atoms with van der Waals surface area (Å²) >= 11 is 0. The van der Waals surface area contributed by atoms with Gasteiger partial charge in [0.05, 0.1) is 6.10 Å². The largest absolute Gasteiger partial charge is 0.392 e. The highest BCUT2D eigenvalue weighted by atomic mass is 16.3. The summed E-state index contributed by atoms with van der Waals surface area (Å²) in [5.74, 6) is 0.505. The summed E-state index contributed by atoms with van der Waals surface area (Å²) in [7, 11) is 0. The molecule has 1 heterocycles. The van der Waals surface area contributed by atoms with Gasteiger partial charge in [-0.25, -0.2) is 0 Å². The zero-order valence-corrected chi connectivity index (χ0v) is 9.24. The lowest BCUT2D eigenvalue weighted by Crippen LogP contribution is -2.70. The van der Waals surface area contributed by atoms with Crippen molar-refractivity contribution in [3.63, 3.8) is 0 Å². The summed E-state index contributed by atoms with van der Waals surface area (Å²) in [4.78, 5) is 2.47. The van der Waals surface area contributed by atoms with Gasteiger partial charge in [0.2, 0.25) is 0 Å². The summed E-state index contributed by atoms with van der Waals surface area (Å²) in [6.45, 7) is 7.22. The van der Waals surface area contributed by atoms with Crippen LogP contribution in [0.25, 0.3) is 0 Å². The quantitative estimate of drug-likeness (QED) is 0.676. The summed E-state index contributed by atoms with van der Waals surface area (Å²) in [6.07, 6.45) is 2.30. The Bertz CT molecular complexity index is 215. The van der Waals surface area contributed by atoms with Gasteiger partial charge in [0.15, 0.2) is 0 Å². The van der Waals surface area contributed by atoms with Crippen molar-refractivity contribution in [2.45, 2.75) is 38.8 Å². The molecule has 0 aromatic rings. The van der Waals surface area contributed by atoms with Gasteiger partial charge in [-0.2, -0.15) is 0 Å². The van der Waals surface area contributed by atoms with Crippen LogP contribution in [-0.4, -0.2) is 41.8 Å². The van der Waals surface area contributed by atoms with Crippen molar-refractivity contribution < 1.29 is 5.11 Å². The van der Waals surface area contributed by atoms with Crippen molar-refractivity contribution in [3.05, 3.63) is 0 Å². The lowest BCUT2D eigenvalue weighted by molar-refractivity contribution is -0.191. The predicted molar refractivity (Wildman–Crippen MR) is 56.9 cm³/mol. The monoisotopic (exact) mass is 198 g/mol. The maximum Gasteiger partial charge on any atom is 0.0649 e. The summed E-state index contributed by atoms with van der Waals surface area (Å²) in [5.41, 5.74) is 5.68. The topological polar surface area (TPSA) is 49.5 Å². The molecule has 3 N–H and O–H groups in total. The Balaban J connectivity index is 2.08. The van der Waals surface area contributed by atoms with Crippen LogP contribution < -0.4 is 5.73 Å². The second-order valence-corrected chi connectivity index (χ2v) is 5.34. The highest BCUT2D eigenvalue weighted by Gasteiger charge is 2.58. The van der Waals surface area contributed by atoms with Crippen LogP contribution >= 0.6 is 0 Å². The van der Waals surface area contributed by atoms with Crippen LogP contribution in [-0.2, 0) is 0 Å². The Labute approximate surface area is 86.3 Å². The Hall–Kier alpha value is -0.120. The van der Waals surface area contributed by atoms with Gasteiger partial charge in [-0.3, -0.25) is 4.90 Å². The maximum atomic E-state index is 10.00. The second kappa shape index (κ2) is 3.47. The lowest BCUT2D eigenvalue weighted by atomic mass is 9.54. The Kier molecular flexibility index (Phi) is 2.58. The van der Waals surface area contributed by atoms with E-state index in [0.717, 1.165) is 19.6 Å². The molecule has 2 rings (SSSR count). The molecule has 1 aliphatic carbocycles. The second-order valence-electron chi connectivity index (χ2n) is 5.34. The average Bonchev–Trinajstić information content (AvgIpc) is 2.17. The molecule has 3 atom stereocenters. The Morgan fingerprint density at radius 2 is 2.21 bits per heavy atom. The standard InChI is InChI=1S/C11H22N2O/c1-11(2)9-8(10(11)14)4-3-6-13(9)7-5-12/h8-10,14H,3-7,12H2,1-2H3. The summed E-state index contributed by atoms with van der Waals surface area (Å²) in [6, 6.07) is 0.565. The number of nitrogens with zero attached hydrogens (tertiary/aromatic N) is 1. The van der Waals surface area contributed by atoms with Crippen molar-refractivity contribution in [1.29, 1.82) is 0 Å². The molecule has 3 heteroatoms. The molecule has 1 saturated heterocycles. The van der Waals surface area contributed by atoms with Gasteiger partial charge < -0.3 is 10.8 Å². The van der Waals surface area contributed by atoms with E-state index in [1.165, 1.54) is 12.8 Å². The first-order valence-corrected chi connectivity index (χ1v) is 5.71. The van der Waals surface area contributed by atoms with E-state index < -0.39 is 0 Å². The molecule has 0 bridgehead atoms. The smallest absolute Gasteiger partial charge is 0.0649 e. The number of rotatable bonds is 2. The van der Waals surface area contributed by atoms with E-state index >= 15 is 0 Å². The average molecular weight is 198 g/mol. The molecule has 2 fully saturated rings. The van der Waals surface area contributed by atoms with Gasteiger partial charge in [0.1, 0.15) is 0 Å². The van der Waals surface area contributed by atoms with Crippen LogP contribution in [0.2, 0.25) is 0 Å². The Morgan fingerprint density at radius 3 is 2.86 bits per heavy atom. The van der Waals surface area contributed by atoms with Gasteiger partial charge in [-0.15, -0.1) is 0 Å². The van der Waals surface area contributed by atoms with E-state index in [-0.39, 0.29) is 11.5 Å². The summed E-state index contributed by atoms with van der Waals surface area (Å²) < 4.78 is 0. The minimum absolute atomic E-state index is 0.0697. The van der Waals surface area contributed by atoms with Crippen molar-refractivity contribution in [2.24, 2.45) is 17.1 Å². The normalized spacial score (nSPS) is 41.6. The van der Waals surface area contributed by atoms with Crippen LogP contribution in [0.5, 0.6) is 0 Å². The van der Waals surface area contributed by atoms with E-state index in [9.17, 15) is 5.11 Å². The third kappa shape index (κ3) is 1.30. The fraction of sp³-hybridized carbons (Fsp3) is 1.00. The third-order valence-electron chi connectivity index (χ3n) is 4.13. The number of aliphatic hydroxyl groups is 1. The van der Waals surface area contributed by atoms with Crippen LogP contribution in [0.4, 0.5) is 0 Å². The molecule has 0 spiro atoms. The number of likely N-dealkylation sites (tertiary alicyclic amines) is 1. The van der Waals surface area contributed by atoms with Gasteiger partial charge >= 0.3 is 0 Å². The van der Waals surface area contributed by atoms with Crippen LogP contribution in [0, 0.1) is 11.3 Å². The van der Waals surface area contributed by atoms with Crippen molar-refractivity contribution in [1.82, 2.24) is 4.90 Å². The molecule has 0 aromatic heterocycles. The number of hydrogen-bond acceptors (Lipinski definition) is 3. The molecule has 0 aromatic carbocycles. The fourth-order valence-electron chi connectivity index (χ4n) is 3.48.